The number of hydrogen-bond donors (Lipinski definition) is 1. The van der Waals surface area contributed by atoms with Gasteiger partial charge >= 0.3 is 0 Å². The Morgan fingerprint density at radius 2 is 2.00 bits per heavy atom. The molecule has 0 unspecified atom stereocenters. The van der Waals surface area contributed by atoms with E-state index in [1.54, 1.807) is 0 Å². The Kier molecular flexibility index (Phi) is 4.96. The van der Waals surface area contributed by atoms with Crippen LogP contribution in [0.4, 0.5) is 0 Å². The van der Waals surface area contributed by atoms with Crippen molar-refractivity contribution < 1.29 is 0 Å². The summed E-state index contributed by atoms with van der Waals surface area (Å²) in [6.45, 7) is 11.4. The predicted molar refractivity (Wildman–Crippen MR) is 83.8 cm³/mol. The maximum absolute atomic E-state index is 4.63. The Bertz CT molecular complexity index is 555. The first-order valence-electron chi connectivity index (χ1n) is 7.34. The van der Waals surface area contributed by atoms with E-state index in [0.717, 1.165) is 25.3 Å². The number of nitrogens with zero attached hydrogens (tertiary/aromatic N) is 2. The average molecular weight is 271 g/mol. The lowest BCUT2D eigenvalue weighted by atomic mass is 10.1. The van der Waals surface area contributed by atoms with Crippen molar-refractivity contribution in [3.63, 3.8) is 0 Å². The minimum absolute atomic E-state index is 0.673. The van der Waals surface area contributed by atoms with Gasteiger partial charge in [-0.2, -0.15) is 5.10 Å². The number of aromatic nitrogens is 2. The van der Waals surface area contributed by atoms with E-state index in [9.17, 15) is 0 Å². The molecular formula is C17H25N3. The van der Waals surface area contributed by atoms with Crippen molar-refractivity contribution in [1.82, 2.24) is 15.1 Å². The molecule has 3 heteroatoms. The Morgan fingerprint density at radius 1 is 1.20 bits per heavy atom. The van der Waals surface area contributed by atoms with Crippen LogP contribution >= 0.6 is 0 Å². The van der Waals surface area contributed by atoms with Crippen LogP contribution in [0.15, 0.2) is 30.5 Å². The molecule has 0 radical (unpaired) electrons. The van der Waals surface area contributed by atoms with E-state index in [0.29, 0.717) is 5.92 Å². The van der Waals surface area contributed by atoms with Crippen molar-refractivity contribution in [2.45, 2.75) is 40.8 Å². The van der Waals surface area contributed by atoms with Gasteiger partial charge in [-0.1, -0.05) is 37.6 Å². The van der Waals surface area contributed by atoms with E-state index in [1.807, 2.05) is 4.68 Å². The lowest BCUT2D eigenvalue weighted by molar-refractivity contribution is 0.543. The number of nitrogens with one attached hydrogen (secondary N) is 1. The molecule has 108 valence electrons. The van der Waals surface area contributed by atoms with Crippen LogP contribution in [-0.2, 0) is 13.1 Å². The summed E-state index contributed by atoms with van der Waals surface area (Å²) in [5.41, 5.74) is 5.08. The maximum atomic E-state index is 4.63. The van der Waals surface area contributed by atoms with E-state index < -0.39 is 0 Å². The molecule has 0 atom stereocenters. The molecule has 3 nitrogen and oxygen atoms in total. The zero-order valence-electron chi connectivity index (χ0n) is 13.0. The topological polar surface area (TPSA) is 29.9 Å². The van der Waals surface area contributed by atoms with Crippen LogP contribution in [0.5, 0.6) is 0 Å². The van der Waals surface area contributed by atoms with Crippen LogP contribution in [0, 0.1) is 19.8 Å². The molecule has 0 aliphatic heterocycles. The number of hydrogen-bond acceptors (Lipinski definition) is 2. The highest BCUT2D eigenvalue weighted by Crippen LogP contribution is 2.12. The molecule has 2 rings (SSSR count). The number of aryl methyl sites for hydroxylation is 2. The third-order valence-corrected chi connectivity index (χ3v) is 3.39. The average Bonchev–Trinajstić information content (AvgIpc) is 2.81. The first kappa shape index (κ1) is 14.8. The molecule has 0 spiro atoms. The van der Waals surface area contributed by atoms with Crippen LogP contribution < -0.4 is 5.32 Å². The third-order valence-electron chi connectivity index (χ3n) is 3.39. The summed E-state index contributed by atoms with van der Waals surface area (Å²) in [5, 5.41) is 8.05. The summed E-state index contributed by atoms with van der Waals surface area (Å²) in [6, 6.07) is 8.68. The summed E-state index contributed by atoms with van der Waals surface area (Å²) in [4.78, 5) is 0. The number of rotatable bonds is 6. The van der Waals surface area contributed by atoms with Crippen LogP contribution in [-0.4, -0.2) is 16.3 Å². The quantitative estimate of drug-likeness (QED) is 0.873. The highest BCUT2D eigenvalue weighted by atomic mass is 15.3. The second-order valence-corrected chi connectivity index (χ2v) is 5.96. The summed E-state index contributed by atoms with van der Waals surface area (Å²) in [5.74, 6) is 0.673. The van der Waals surface area contributed by atoms with Crippen LogP contribution in [0.2, 0.25) is 0 Å². The van der Waals surface area contributed by atoms with Gasteiger partial charge in [0.1, 0.15) is 0 Å². The number of benzene rings is 1. The predicted octanol–water partition coefficient (Wildman–Crippen LogP) is 3.29. The molecule has 2 aromatic rings. The van der Waals surface area contributed by atoms with Crippen LogP contribution in [0.3, 0.4) is 0 Å². The lowest BCUT2D eigenvalue weighted by Crippen LogP contribution is -2.19. The molecule has 1 heterocycles. The molecule has 0 fully saturated rings. The molecule has 20 heavy (non-hydrogen) atoms. The van der Waals surface area contributed by atoms with E-state index in [1.165, 1.54) is 16.7 Å². The Morgan fingerprint density at radius 3 is 2.75 bits per heavy atom. The van der Waals surface area contributed by atoms with Crippen molar-refractivity contribution in [3.8, 4) is 0 Å². The van der Waals surface area contributed by atoms with Gasteiger partial charge in [-0.25, -0.2) is 0 Å². The van der Waals surface area contributed by atoms with Gasteiger partial charge < -0.3 is 5.32 Å². The van der Waals surface area contributed by atoms with Gasteiger partial charge in [-0.15, -0.1) is 0 Å². The molecular weight excluding hydrogens is 246 g/mol. The molecule has 0 aliphatic carbocycles. The molecule has 0 saturated heterocycles. The Labute approximate surface area is 122 Å². The smallest absolute Gasteiger partial charge is 0.0762 e. The second kappa shape index (κ2) is 6.71. The summed E-state index contributed by atoms with van der Waals surface area (Å²) < 4.78 is 2.02. The first-order chi connectivity index (χ1) is 9.54. The van der Waals surface area contributed by atoms with Gasteiger partial charge in [0.15, 0.2) is 0 Å². The SMILES string of the molecule is Cc1ccc(C)c(Cn2ccc(CNCC(C)C)n2)c1. The van der Waals surface area contributed by atoms with E-state index in [-0.39, 0.29) is 0 Å². The molecule has 0 amide bonds. The zero-order chi connectivity index (χ0) is 14.5. The van der Waals surface area contributed by atoms with Crippen molar-refractivity contribution >= 4 is 0 Å². The van der Waals surface area contributed by atoms with Crippen molar-refractivity contribution in [3.05, 3.63) is 52.8 Å². The van der Waals surface area contributed by atoms with Crippen LogP contribution in [0.1, 0.15) is 36.2 Å². The third kappa shape index (κ3) is 4.20. The molecule has 1 N–H and O–H groups in total. The summed E-state index contributed by atoms with van der Waals surface area (Å²) in [7, 11) is 0. The van der Waals surface area contributed by atoms with Crippen molar-refractivity contribution in [1.29, 1.82) is 0 Å². The monoisotopic (exact) mass is 271 g/mol. The van der Waals surface area contributed by atoms with Crippen molar-refractivity contribution in [2.75, 3.05) is 6.54 Å². The molecule has 0 aliphatic rings. The van der Waals surface area contributed by atoms with E-state index in [2.05, 4.69) is 68.6 Å². The fraction of sp³-hybridized carbons (Fsp3) is 0.471. The largest absolute Gasteiger partial charge is 0.311 e. The lowest BCUT2D eigenvalue weighted by Gasteiger charge is -2.08. The van der Waals surface area contributed by atoms with E-state index in [4.69, 9.17) is 0 Å². The van der Waals surface area contributed by atoms with Crippen LogP contribution in [0.25, 0.3) is 0 Å². The highest BCUT2D eigenvalue weighted by molar-refractivity contribution is 5.30. The van der Waals surface area contributed by atoms with Gasteiger partial charge in [0.25, 0.3) is 0 Å². The van der Waals surface area contributed by atoms with Gasteiger partial charge in [0.2, 0.25) is 0 Å². The summed E-state index contributed by atoms with van der Waals surface area (Å²) in [6.07, 6.45) is 2.06. The second-order valence-electron chi connectivity index (χ2n) is 5.96. The fourth-order valence-electron chi connectivity index (χ4n) is 2.22. The van der Waals surface area contributed by atoms with Gasteiger partial charge in [0, 0.05) is 12.7 Å². The van der Waals surface area contributed by atoms with Gasteiger partial charge in [-0.05, 0) is 43.5 Å². The van der Waals surface area contributed by atoms with Crippen molar-refractivity contribution in [2.24, 2.45) is 5.92 Å². The maximum Gasteiger partial charge on any atom is 0.0762 e. The normalized spacial score (nSPS) is 11.2. The molecule has 1 aromatic carbocycles. The molecule has 0 saturated carbocycles. The molecule has 0 bridgehead atoms. The highest BCUT2D eigenvalue weighted by Gasteiger charge is 2.03. The fourth-order valence-corrected chi connectivity index (χ4v) is 2.22. The standard InChI is InChI=1S/C17H25N3/c1-13(2)10-18-11-17-7-8-20(19-17)12-16-9-14(3)5-6-15(16)4/h5-9,13,18H,10-12H2,1-4H3. The van der Waals surface area contributed by atoms with E-state index >= 15 is 0 Å². The minimum atomic E-state index is 0.673. The Hall–Kier alpha value is -1.61. The summed E-state index contributed by atoms with van der Waals surface area (Å²) >= 11 is 0. The Balaban J connectivity index is 1.97. The van der Waals surface area contributed by atoms with Gasteiger partial charge in [-0.3, -0.25) is 4.68 Å². The first-order valence-corrected chi connectivity index (χ1v) is 7.34. The van der Waals surface area contributed by atoms with Gasteiger partial charge in [0.05, 0.1) is 12.2 Å². The minimum Gasteiger partial charge on any atom is -0.311 e. The zero-order valence-corrected chi connectivity index (χ0v) is 13.0. The molecule has 1 aromatic heterocycles.